The number of amides is 1. The maximum atomic E-state index is 13.1. The standard InChI is InChI=1S/C20H21Cl2N3O4S2/c1-4-15(25(31(3,28)29)17-10-12(21)6-8-14(17)22)19(26)23-13-7-9-16-18(11-13)30-20(27)24(16)5-2/h6-11,15H,4-5H2,1-3H3,(H,23,26)/t15-/m1/s1. The Kier molecular flexibility index (Phi) is 7.00. The van der Waals surface area contributed by atoms with Crippen LogP contribution in [0.1, 0.15) is 20.3 Å². The predicted octanol–water partition coefficient (Wildman–Crippen LogP) is 4.57. The van der Waals surface area contributed by atoms with E-state index >= 15 is 0 Å². The Bertz CT molecular complexity index is 1300. The van der Waals surface area contributed by atoms with Crippen LogP contribution in [0.5, 0.6) is 0 Å². The Morgan fingerprint density at radius 3 is 2.52 bits per heavy atom. The van der Waals surface area contributed by atoms with E-state index in [0.29, 0.717) is 17.3 Å². The number of aromatic nitrogens is 1. The van der Waals surface area contributed by atoms with Crippen LogP contribution in [0, 0.1) is 0 Å². The van der Waals surface area contributed by atoms with Crippen LogP contribution >= 0.6 is 34.5 Å². The number of hydrogen-bond donors (Lipinski definition) is 1. The molecule has 2 aromatic carbocycles. The lowest BCUT2D eigenvalue weighted by atomic mass is 10.1. The van der Waals surface area contributed by atoms with Crippen molar-refractivity contribution in [1.82, 2.24) is 4.57 Å². The maximum absolute atomic E-state index is 13.1. The Morgan fingerprint density at radius 2 is 1.90 bits per heavy atom. The first kappa shape index (κ1) is 23.6. The molecule has 0 unspecified atom stereocenters. The highest BCUT2D eigenvalue weighted by molar-refractivity contribution is 7.92. The van der Waals surface area contributed by atoms with Crippen molar-refractivity contribution >= 4 is 72.1 Å². The van der Waals surface area contributed by atoms with Crippen LogP contribution in [0.15, 0.2) is 41.2 Å². The van der Waals surface area contributed by atoms with Crippen LogP contribution in [0.3, 0.4) is 0 Å². The average Bonchev–Trinajstić information content (AvgIpc) is 3.01. The van der Waals surface area contributed by atoms with Gasteiger partial charge in [-0.1, -0.05) is 41.5 Å². The second-order valence-corrected chi connectivity index (χ2v) is 10.6. The van der Waals surface area contributed by atoms with Gasteiger partial charge in [-0.15, -0.1) is 0 Å². The second-order valence-electron chi connectivity index (χ2n) is 6.86. The number of thiazole rings is 1. The number of fused-ring (bicyclic) bond motifs is 1. The molecule has 0 aliphatic carbocycles. The molecule has 0 aliphatic heterocycles. The molecule has 1 amide bonds. The minimum Gasteiger partial charge on any atom is -0.324 e. The molecular weight excluding hydrogens is 481 g/mol. The average molecular weight is 502 g/mol. The Labute approximate surface area is 194 Å². The summed E-state index contributed by atoms with van der Waals surface area (Å²) in [4.78, 5) is 25.1. The third-order valence-electron chi connectivity index (χ3n) is 4.73. The zero-order valence-corrected chi connectivity index (χ0v) is 20.2. The lowest BCUT2D eigenvalue weighted by Crippen LogP contribution is -2.47. The van der Waals surface area contributed by atoms with Crippen molar-refractivity contribution in [1.29, 1.82) is 0 Å². The summed E-state index contributed by atoms with van der Waals surface area (Å²) in [6.07, 6.45) is 1.21. The number of rotatable bonds is 7. The highest BCUT2D eigenvalue weighted by Crippen LogP contribution is 2.33. The molecule has 7 nitrogen and oxygen atoms in total. The zero-order valence-electron chi connectivity index (χ0n) is 17.1. The van der Waals surface area contributed by atoms with E-state index < -0.39 is 22.0 Å². The molecule has 0 aliphatic rings. The summed E-state index contributed by atoms with van der Waals surface area (Å²) in [6, 6.07) is 8.53. The molecule has 11 heteroatoms. The number of nitrogens with one attached hydrogen (secondary N) is 1. The summed E-state index contributed by atoms with van der Waals surface area (Å²) in [6.45, 7) is 4.14. The number of sulfonamides is 1. The fourth-order valence-electron chi connectivity index (χ4n) is 3.36. The molecule has 1 aromatic heterocycles. The monoisotopic (exact) mass is 501 g/mol. The smallest absolute Gasteiger partial charge is 0.308 e. The quantitative estimate of drug-likeness (QED) is 0.513. The van der Waals surface area contributed by atoms with Gasteiger partial charge in [0.1, 0.15) is 6.04 Å². The molecule has 1 N–H and O–H groups in total. The highest BCUT2D eigenvalue weighted by Gasteiger charge is 2.33. The molecule has 0 fully saturated rings. The molecule has 0 bridgehead atoms. The van der Waals surface area contributed by atoms with Crippen molar-refractivity contribution in [3.05, 3.63) is 56.1 Å². The van der Waals surface area contributed by atoms with Gasteiger partial charge in [-0.25, -0.2) is 8.42 Å². The van der Waals surface area contributed by atoms with Gasteiger partial charge in [0.25, 0.3) is 0 Å². The molecule has 0 saturated heterocycles. The first-order valence-corrected chi connectivity index (χ1v) is 12.9. The van der Waals surface area contributed by atoms with Gasteiger partial charge in [-0.2, -0.15) is 0 Å². The Hall–Kier alpha value is -2.07. The van der Waals surface area contributed by atoms with Gasteiger partial charge in [0.05, 0.1) is 27.2 Å². The number of hydrogen-bond acceptors (Lipinski definition) is 5. The molecule has 0 spiro atoms. The van der Waals surface area contributed by atoms with Crippen LogP contribution < -0.4 is 14.5 Å². The molecular formula is C20H21Cl2N3O4S2. The summed E-state index contributed by atoms with van der Waals surface area (Å²) < 4.78 is 28.6. The van der Waals surface area contributed by atoms with E-state index in [0.717, 1.165) is 32.1 Å². The molecule has 3 rings (SSSR count). The number of benzene rings is 2. The topological polar surface area (TPSA) is 88.5 Å². The third kappa shape index (κ3) is 4.90. The number of nitrogens with zero attached hydrogens (tertiary/aromatic N) is 2. The van der Waals surface area contributed by atoms with Crippen LogP contribution in [-0.2, 0) is 21.4 Å². The van der Waals surface area contributed by atoms with E-state index in [1.54, 1.807) is 29.7 Å². The van der Waals surface area contributed by atoms with Gasteiger partial charge in [-0.3, -0.25) is 18.5 Å². The molecule has 31 heavy (non-hydrogen) atoms. The van der Waals surface area contributed by atoms with Crippen molar-refractivity contribution in [2.45, 2.75) is 32.9 Å². The van der Waals surface area contributed by atoms with E-state index in [9.17, 15) is 18.0 Å². The minimum absolute atomic E-state index is 0.0775. The molecule has 3 aromatic rings. The van der Waals surface area contributed by atoms with Crippen LogP contribution in [0.25, 0.3) is 10.2 Å². The summed E-state index contributed by atoms with van der Waals surface area (Å²) in [7, 11) is -3.86. The molecule has 1 heterocycles. The second kappa shape index (κ2) is 9.20. The fourth-order valence-corrected chi connectivity index (χ4v) is 5.99. The summed E-state index contributed by atoms with van der Waals surface area (Å²) in [5, 5.41) is 3.22. The van der Waals surface area contributed by atoms with E-state index in [1.165, 1.54) is 18.2 Å². The number of halogens is 2. The van der Waals surface area contributed by atoms with Gasteiger partial charge in [-0.05, 0) is 49.7 Å². The molecule has 166 valence electrons. The van der Waals surface area contributed by atoms with Gasteiger partial charge in [0.2, 0.25) is 15.9 Å². The van der Waals surface area contributed by atoms with Crippen LogP contribution in [-0.4, -0.2) is 31.2 Å². The lowest BCUT2D eigenvalue weighted by Gasteiger charge is -2.30. The van der Waals surface area contributed by atoms with Crippen molar-refractivity contribution in [2.24, 2.45) is 0 Å². The van der Waals surface area contributed by atoms with Crippen LogP contribution in [0.2, 0.25) is 10.0 Å². The third-order valence-corrected chi connectivity index (χ3v) is 7.39. The number of anilines is 2. The predicted molar refractivity (Wildman–Crippen MR) is 128 cm³/mol. The minimum atomic E-state index is -3.86. The number of carbonyl (C=O) groups is 1. The molecule has 0 radical (unpaired) electrons. The normalized spacial score (nSPS) is 12.7. The van der Waals surface area contributed by atoms with E-state index in [1.807, 2.05) is 6.92 Å². The van der Waals surface area contributed by atoms with E-state index in [2.05, 4.69) is 5.32 Å². The van der Waals surface area contributed by atoms with E-state index in [4.69, 9.17) is 23.2 Å². The largest absolute Gasteiger partial charge is 0.324 e. The summed E-state index contributed by atoms with van der Waals surface area (Å²) in [5.74, 6) is -0.523. The van der Waals surface area contributed by atoms with Gasteiger partial charge < -0.3 is 5.32 Å². The fraction of sp³-hybridized carbons (Fsp3) is 0.300. The highest BCUT2D eigenvalue weighted by atomic mass is 35.5. The van der Waals surface area contributed by atoms with Crippen molar-refractivity contribution in [3.8, 4) is 0 Å². The number of carbonyl (C=O) groups excluding carboxylic acids is 1. The SMILES string of the molecule is CC[C@H](C(=O)Nc1ccc2c(c1)sc(=O)n2CC)N(c1cc(Cl)ccc1Cl)S(C)(=O)=O. The Morgan fingerprint density at radius 1 is 1.19 bits per heavy atom. The van der Waals surface area contributed by atoms with Gasteiger partial charge >= 0.3 is 4.87 Å². The number of aryl methyl sites for hydroxylation is 1. The Balaban J connectivity index is 1.98. The maximum Gasteiger partial charge on any atom is 0.308 e. The summed E-state index contributed by atoms with van der Waals surface area (Å²) >= 11 is 13.4. The van der Waals surface area contributed by atoms with Crippen molar-refractivity contribution in [3.63, 3.8) is 0 Å². The lowest BCUT2D eigenvalue weighted by molar-refractivity contribution is -0.117. The first-order valence-electron chi connectivity index (χ1n) is 9.45. The summed E-state index contributed by atoms with van der Waals surface area (Å²) in [5.41, 5.74) is 1.38. The van der Waals surface area contributed by atoms with E-state index in [-0.39, 0.29) is 22.0 Å². The first-order chi connectivity index (χ1) is 14.6. The zero-order chi connectivity index (χ0) is 22.9. The van der Waals surface area contributed by atoms with Crippen molar-refractivity contribution in [2.75, 3.05) is 15.9 Å². The van der Waals surface area contributed by atoms with Gasteiger partial charge in [0.15, 0.2) is 0 Å². The van der Waals surface area contributed by atoms with Crippen LogP contribution in [0.4, 0.5) is 11.4 Å². The van der Waals surface area contributed by atoms with Gasteiger partial charge in [0, 0.05) is 17.3 Å². The molecule has 0 saturated carbocycles. The molecule has 1 atom stereocenters. The van der Waals surface area contributed by atoms with Crippen molar-refractivity contribution < 1.29 is 13.2 Å².